The van der Waals surface area contributed by atoms with E-state index in [-0.39, 0.29) is 24.6 Å². The Balaban J connectivity index is 1.53. The second kappa shape index (κ2) is 7.01. The maximum absolute atomic E-state index is 12.3. The molecule has 1 aromatic carbocycles. The minimum absolute atomic E-state index is 0.0239. The zero-order valence-electron chi connectivity index (χ0n) is 12.9. The van der Waals surface area contributed by atoms with E-state index < -0.39 is 0 Å². The summed E-state index contributed by atoms with van der Waals surface area (Å²) in [5, 5.41) is 12.4. The van der Waals surface area contributed by atoms with Crippen LogP contribution in [-0.4, -0.2) is 54.9 Å². The van der Waals surface area contributed by atoms with Crippen LogP contribution in [-0.2, 0) is 0 Å². The molecule has 2 fully saturated rings. The lowest BCUT2D eigenvalue weighted by atomic mass is 10.1. The van der Waals surface area contributed by atoms with Crippen LogP contribution in [0.15, 0.2) is 30.3 Å². The van der Waals surface area contributed by atoms with Gasteiger partial charge in [-0.1, -0.05) is 18.2 Å². The smallest absolute Gasteiger partial charge is 0.317 e. The normalized spacial score (nSPS) is 25.3. The Labute approximate surface area is 131 Å². The highest BCUT2D eigenvalue weighted by Gasteiger charge is 2.28. The molecule has 2 heterocycles. The minimum Gasteiger partial charge on any atom is -0.396 e. The van der Waals surface area contributed by atoms with Crippen LogP contribution >= 0.6 is 0 Å². The number of hydrogen-bond acceptors (Lipinski definition) is 3. The molecule has 1 aromatic rings. The first kappa shape index (κ1) is 15.2. The number of piperidine rings is 1. The van der Waals surface area contributed by atoms with E-state index in [0.717, 1.165) is 38.9 Å². The highest BCUT2D eigenvalue weighted by molar-refractivity contribution is 5.75. The van der Waals surface area contributed by atoms with Crippen LogP contribution in [0.4, 0.5) is 10.5 Å². The molecule has 2 aliphatic rings. The van der Waals surface area contributed by atoms with Crippen LogP contribution in [0.5, 0.6) is 0 Å². The number of rotatable bonds is 3. The van der Waals surface area contributed by atoms with Crippen molar-refractivity contribution in [2.24, 2.45) is 5.92 Å². The number of carbonyl (C=O) groups is 1. The lowest BCUT2D eigenvalue weighted by Gasteiger charge is -2.35. The highest BCUT2D eigenvalue weighted by Crippen LogP contribution is 2.20. The molecule has 2 atom stereocenters. The van der Waals surface area contributed by atoms with Crippen molar-refractivity contribution in [3.63, 3.8) is 0 Å². The van der Waals surface area contributed by atoms with Crippen molar-refractivity contribution >= 4 is 11.7 Å². The van der Waals surface area contributed by atoms with Gasteiger partial charge in [0, 0.05) is 50.4 Å². The topological polar surface area (TPSA) is 55.8 Å². The third-order valence-corrected chi connectivity index (χ3v) is 4.70. The molecule has 0 aliphatic carbocycles. The maximum Gasteiger partial charge on any atom is 0.317 e. The molecular formula is C17H25N3O2. The van der Waals surface area contributed by atoms with Crippen LogP contribution < -0.4 is 10.2 Å². The molecule has 2 saturated heterocycles. The van der Waals surface area contributed by atoms with Gasteiger partial charge in [0.1, 0.15) is 0 Å². The minimum atomic E-state index is 0.0239. The summed E-state index contributed by atoms with van der Waals surface area (Å²) >= 11 is 0. The number of nitrogens with zero attached hydrogens (tertiary/aromatic N) is 2. The second-order valence-electron chi connectivity index (χ2n) is 6.35. The number of hydrogen-bond donors (Lipinski definition) is 2. The maximum atomic E-state index is 12.3. The lowest BCUT2D eigenvalue weighted by Crippen LogP contribution is -2.51. The van der Waals surface area contributed by atoms with E-state index in [9.17, 15) is 9.90 Å². The summed E-state index contributed by atoms with van der Waals surface area (Å²) in [5.74, 6) is 0.248. The molecule has 5 heteroatoms. The van der Waals surface area contributed by atoms with E-state index in [2.05, 4.69) is 34.5 Å². The summed E-state index contributed by atoms with van der Waals surface area (Å²) in [7, 11) is 0. The van der Waals surface area contributed by atoms with Crippen molar-refractivity contribution in [2.45, 2.75) is 25.3 Å². The van der Waals surface area contributed by atoms with Crippen molar-refractivity contribution in [1.29, 1.82) is 0 Å². The van der Waals surface area contributed by atoms with Gasteiger partial charge in [0.2, 0.25) is 0 Å². The molecule has 5 nitrogen and oxygen atoms in total. The summed E-state index contributed by atoms with van der Waals surface area (Å²) in [6.07, 6.45) is 3.04. The number of aliphatic hydroxyl groups excluding tert-OH is 1. The zero-order valence-corrected chi connectivity index (χ0v) is 12.9. The van der Waals surface area contributed by atoms with Gasteiger partial charge in [-0.25, -0.2) is 4.79 Å². The van der Waals surface area contributed by atoms with Crippen molar-refractivity contribution in [3.8, 4) is 0 Å². The van der Waals surface area contributed by atoms with E-state index in [1.165, 1.54) is 5.69 Å². The van der Waals surface area contributed by atoms with Gasteiger partial charge < -0.3 is 20.2 Å². The van der Waals surface area contributed by atoms with Gasteiger partial charge in [-0.15, -0.1) is 0 Å². The lowest BCUT2D eigenvalue weighted by molar-refractivity contribution is 0.193. The van der Waals surface area contributed by atoms with Gasteiger partial charge >= 0.3 is 6.03 Å². The van der Waals surface area contributed by atoms with E-state index in [4.69, 9.17) is 0 Å². The van der Waals surface area contributed by atoms with Crippen molar-refractivity contribution in [3.05, 3.63) is 30.3 Å². The molecule has 0 radical (unpaired) electrons. The predicted octanol–water partition coefficient (Wildman–Crippen LogP) is 1.68. The highest BCUT2D eigenvalue weighted by atomic mass is 16.3. The summed E-state index contributed by atoms with van der Waals surface area (Å²) in [6, 6.07) is 10.6. The third-order valence-electron chi connectivity index (χ3n) is 4.70. The summed E-state index contributed by atoms with van der Waals surface area (Å²) in [5.41, 5.74) is 1.22. The Morgan fingerprint density at radius 2 is 2.00 bits per heavy atom. The molecule has 2 unspecified atom stereocenters. The number of anilines is 1. The third kappa shape index (κ3) is 3.53. The Morgan fingerprint density at radius 1 is 1.18 bits per heavy atom. The summed E-state index contributed by atoms with van der Waals surface area (Å²) in [4.78, 5) is 16.5. The first-order valence-corrected chi connectivity index (χ1v) is 8.22. The molecule has 2 amide bonds. The first-order chi connectivity index (χ1) is 10.8. The number of benzene rings is 1. The monoisotopic (exact) mass is 303 g/mol. The molecule has 120 valence electrons. The average molecular weight is 303 g/mol. The van der Waals surface area contributed by atoms with E-state index in [0.29, 0.717) is 6.54 Å². The molecule has 0 saturated carbocycles. The van der Waals surface area contributed by atoms with E-state index >= 15 is 0 Å². The Kier molecular flexibility index (Phi) is 4.83. The number of para-hydroxylation sites is 1. The Morgan fingerprint density at radius 3 is 2.73 bits per heavy atom. The molecule has 2 aliphatic heterocycles. The fourth-order valence-electron chi connectivity index (χ4n) is 3.40. The van der Waals surface area contributed by atoms with E-state index in [1.807, 2.05) is 11.0 Å². The summed E-state index contributed by atoms with van der Waals surface area (Å²) in [6.45, 7) is 3.53. The Bertz CT molecular complexity index is 494. The van der Waals surface area contributed by atoms with Crippen LogP contribution in [0.1, 0.15) is 19.3 Å². The van der Waals surface area contributed by atoms with Gasteiger partial charge in [0.25, 0.3) is 0 Å². The van der Waals surface area contributed by atoms with Crippen LogP contribution in [0, 0.1) is 5.92 Å². The van der Waals surface area contributed by atoms with Gasteiger partial charge in [0.15, 0.2) is 0 Å². The van der Waals surface area contributed by atoms with Crippen molar-refractivity contribution in [1.82, 2.24) is 10.2 Å². The quantitative estimate of drug-likeness (QED) is 0.893. The van der Waals surface area contributed by atoms with Crippen molar-refractivity contribution < 1.29 is 9.90 Å². The SMILES string of the molecule is O=C(NC1CCCN(c2ccccc2)C1)N1CCC(CO)C1. The molecule has 3 rings (SSSR count). The standard InChI is InChI=1S/C17H25N3O2/c21-13-14-8-10-20(11-14)17(22)18-15-5-4-9-19(12-15)16-6-2-1-3-7-16/h1-3,6-7,14-15,21H,4-5,8-13H2,(H,18,22). The second-order valence-corrected chi connectivity index (χ2v) is 6.35. The average Bonchev–Trinajstić information content (AvgIpc) is 3.05. The zero-order chi connectivity index (χ0) is 15.4. The van der Waals surface area contributed by atoms with Gasteiger partial charge in [-0.3, -0.25) is 0 Å². The molecule has 22 heavy (non-hydrogen) atoms. The van der Waals surface area contributed by atoms with Gasteiger partial charge in [0.05, 0.1) is 0 Å². The molecule has 0 bridgehead atoms. The predicted molar refractivity (Wildman–Crippen MR) is 87.0 cm³/mol. The molecular weight excluding hydrogens is 278 g/mol. The van der Waals surface area contributed by atoms with Crippen molar-refractivity contribution in [2.75, 3.05) is 37.7 Å². The number of urea groups is 1. The molecule has 0 spiro atoms. The van der Waals surface area contributed by atoms with Gasteiger partial charge in [-0.2, -0.15) is 0 Å². The number of amides is 2. The fourth-order valence-corrected chi connectivity index (χ4v) is 3.40. The Hall–Kier alpha value is -1.75. The van der Waals surface area contributed by atoms with Crippen LogP contribution in [0.25, 0.3) is 0 Å². The van der Waals surface area contributed by atoms with E-state index in [1.54, 1.807) is 0 Å². The largest absolute Gasteiger partial charge is 0.396 e. The number of likely N-dealkylation sites (tertiary alicyclic amines) is 1. The first-order valence-electron chi connectivity index (χ1n) is 8.22. The fraction of sp³-hybridized carbons (Fsp3) is 0.588. The molecule has 0 aromatic heterocycles. The summed E-state index contributed by atoms with van der Waals surface area (Å²) < 4.78 is 0. The number of nitrogens with one attached hydrogen (secondary N) is 1. The van der Waals surface area contributed by atoms with Gasteiger partial charge in [-0.05, 0) is 31.4 Å². The molecule has 2 N–H and O–H groups in total. The van der Waals surface area contributed by atoms with Crippen LogP contribution in [0.2, 0.25) is 0 Å². The number of aliphatic hydroxyl groups is 1. The van der Waals surface area contributed by atoms with Crippen LogP contribution in [0.3, 0.4) is 0 Å². The number of carbonyl (C=O) groups excluding carboxylic acids is 1.